The van der Waals surface area contributed by atoms with Crippen molar-refractivity contribution in [3.63, 3.8) is 0 Å². The van der Waals surface area contributed by atoms with Crippen LogP contribution >= 0.6 is 0 Å². The molecule has 0 aliphatic heterocycles. The van der Waals surface area contributed by atoms with Gasteiger partial charge in [0.2, 0.25) is 5.92 Å². The average molecular weight is 576 g/mol. The fourth-order valence-corrected chi connectivity index (χ4v) is 6.16. The number of alkyl halides is 4. The van der Waals surface area contributed by atoms with Crippen molar-refractivity contribution in [2.45, 2.75) is 95.2 Å². The summed E-state index contributed by atoms with van der Waals surface area (Å²) >= 11 is 0. The molecule has 0 spiro atoms. The van der Waals surface area contributed by atoms with Crippen LogP contribution in [-0.4, -0.2) is 48.7 Å². The highest BCUT2D eigenvalue weighted by molar-refractivity contribution is 5.92. The van der Waals surface area contributed by atoms with E-state index in [1.807, 2.05) is 19.9 Å². The first-order valence-corrected chi connectivity index (χ1v) is 14.7. The van der Waals surface area contributed by atoms with Gasteiger partial charge in [-0.2, -0.15) is 10.2 Å². The Balaban J connectivity index is 1.24. The summed E-state index contributed by atoms with van der Waals surface area (Å²) in [7, 11) is 0. The maximum absolute atomic E-state index is 14.0. The van der Waals surface area contributed by atoms with Gasteiger partial charge in [0.15, 0.2) is 5.65 Å². The molecule has 0 radical (unpaired) electrons. The molecule has 3 aromatic heterocycles. The first-order chi connectivity index (χ1) is 19.5. The molecule has 12 heteroatoms. The molecule has 3 fully saturated rings. The lowest BCUT2D eigenvalue weighted by atomic mass is 9.81. The average Bonchev–Trinajstić information content (AvgIpc) is 3.72. The zero-order chi connectivity index (χ0) is 28.9. The maximum Gasteiger partial charge on any atom is 0.270 e. The van der Waals surface area contributed by atoms with E-state index in [4.69, 9.17) is 4.98 Å². The molecule has 3 aromatic rings. The first-order valence-electron chi connectivity index (χ1n) is 14.7. The summed E-state index contributed by atoms with van der Waals surface area (Å²) in [6.45, 7) is 4.38. The van der Waals surface area contributed by atoms with Gasteiger partial charge in [-0.25, -0.2) is 27.1 Å². The van der Waals surface area contributed by atoms with Crippen LogP contribution in [0, 0.1) is 17.8 Å². The van der Waals surface area contributed by atoms with Gasteiger partial charge in [0.25, 0.3) is 11.8 Å². The van der Waals surface area contributed by atoms with Gasteiger partial charge >= 0.3 is 0 Å². The first kappa shape index (κ1) is 28.1. The van der Waals surface area contributed by atoms with E-state index in [1.165, 1.54) is 0 Å². The van der Waals surface area contributed by atoms with Crippen LogP contribution in [0.5, 0.6) is 0 Å². The molecule has 41 heavy (non-hydrogen) atoms. The van der Waals surface area contributed by atoms with E-state index < -0.39 is 23.8 Å². The fraction of sp³-hybridized carbons (Fsp3) is 0.655. The predicted molar refractivity (Wildman–Crippen MR) is 144 cm³/mol. The Kier molecular flexibility index (Phi) is 7.32. The molecular weight excluding hydrogens is 538 g/mol. The van der Waals surface area contributed by atoms with Gasteiger partial charge in [0.1, 0.15) is 5.69 Å². The topological polar surface area (TPSA) is 89.1 Å². The minimum atomic E-state index is -2.70. The zero-order valence-corrected chi connectivity index (χ0v) is 23.4. The molecule has 0 aromatic carbocycles. The highest BCUT2D eigenvalue weighted by Crippen LogP contribution is 2.50. The summed E-state index contributed by atoms with van der Waals surface area (Å²) in [5.41, 5.74) is 2.50. The Morgan fingerprint density at radius 2 is 1.78 bits per heavy atom. The van der Waals surface area contributed by atoms with Crippen LogP contribution < -0.4 is 10.6 Å². The number of hydrogen-bond donors (Lipinski definition) is 2. The lowest BCUT2D eigenvalue weighted by Gasteiger charge is -2.33. The summed E-state index contributed by atoms with van der Waals surface area (Å²) in [6.07, 6.45) is 7.72. The lowest BCUT2D eigenvalue weighted by Crippen LogP contribution is -2.38. The lowest BCUT2D eigenvalue weighted by molar-refractivity contribution is -0.0495. The molecule has 3 aliphatic carbocycles. The largest absolute Gasteiger partial charge is 0.342 e. The van der Waals surface area contributed by atoms with E-state index in [9.17, 15) is 22.4 Å². The minimum absolute atomic E-state index is 0.00687. The molecule has 1 amide bonds. The number of hydrogen-bond acceptors (Lipinski definition) is 5. The van der Waals surface area contributed by atoms with E-state index in [-0.39, 0.29) is 56.0 Å². The second kappa shape index (κ2) is 10.7. The number of halogens is 4. The molecule has 6 rings (SSSR count). The van der Waals surface area contributed by atoms with E-state index in [0.717, 1.165) is 18.4 Å². The summed E-state index contributed by atoms with van der Waals surface area (Å²) < 4.78 is 58.0. The van der Waals surface area contributed by atoms with E-state index in [2.05, 4.69) is 20.8 Å². The molecule has 3 saturated carbocycles. The van der Waals surface area contributed by atoms with Crippen molar-refractivity contribution in [1.29, 1.82) is 0 Å². The van der Waals surface area contributed by atoms with Crippen LogP contribution in [0.2, 0.25) is 0 Å². The van der Waals surface area contributed by atoms with Crippen LogP contribution in [-0.2, 0) is 0 Å². The van der Waals surface area contributed by atoms with Crippen molar-refractivity contribution < 1.29 is 22.4 Å². The van der Waals surface area contributed by atoms with E-state index in [0.29, 0.717) is 35.9 Å². The van der Waals surface area contributed by atoms with Gasteiger partial charge in [0, 0.05) is 43.5 Å². The summed E-state index contributed by atoms with van der Waals surface area (Å²) in [5.74, 6) is -5.86. The number of amides is 1. The van der Waals surface area contributed by atoms with Crippen molar-refractivity contribution in [3.05, 3.63) is 47.7 Å². The Morgan fingerprint density at radius 1 is 1.07 bits per heavy atom. The van der Waals surface area contributed by atoms with Crippen LogP contribution in [0.4, 0.5) is 17.6 Å². The number of aromatic nitrogens is 5. The van der Waals surface area contributed by atoms with Gasteiger partial charge in [-0.05, 0) is 82.0 Å². The third-order valence-electron chi connectivity index (χ3n) is 8.86. The molecule has 3 aliphatic rings. The van der Waals surface area contributed by atoms with Crippen molar-refractivity contribution in [2.24, 2.45) is 17.8 Å². The zero-order valence-electron chi connectivity index (χ0n) is 23.4. The summed E-state index contributed by atoms with van der Waals surface area (Å²) in [5, 5.41) is 15.4. The maximum atomic E-state index is 14.0. The molecular formula is C29H37F4N7O. The van der Waals surface area contributed by atoms with Crippen LogP contribution in [0.25, 0.3) is 5.65 Å². The highest BCUT2D eigenvalue weighted by Gasteiger charge is 2.56. The number of carbonyl (C=O) groups excluding carboxylic acids is 1. The number of nitrogens with zero attached hydrogens (tertiary/aromatic N) is 5. The Hall–Kier alpha value is -3.02. The van der Waals surface area contributed by atoms with Crippen molar-refractivity contribution in [1.82, 2.24) is 35.0 Å². The van der Waals surface area contributed by atoms with E-state index >= 15 is 0 Å². The number of carbonyl (C=O) groups is 1. The monoisotopic (exact) mass is 575 g/mol. The fourth-order valence-electron chi connectivity index (χ4n) is 6.16. The van der Waals surface area contributed by atoms with E-state index in [1.54, 1.807) is 33.9 Å². The molecule has 3 atom stereocenters. The highest BCUT2D eigenvalue weighted by atomic mass is 19.3. The standard InChI is InChI=1S/C29H37F4N7O/c1-17(2)40-23(8-12-35-40)27(41)38-26(19-5-9-28(30,31)10-6-19)22-16-39-24(37-22)13-20(15-36-39)25(18-3-4-18)34-11-7-21-14-29(21,32)33/h8,12-13,15-19,21,25-26,34H,3-7,9-11,14H2,1-2H3,(H,38,41)/t21-,25-,26-/m0/s1. The molecule has 0 saturated heterocycles. The molecule has 2 N–H and O–H groups in total. The summed E-state index contributed by atoms with van der Waals surface area (Å²) in [6, 6.07) is 3.00. The number of imidazole rings is 1. The molecule has 8 nitrogen and oxygen atoms in total. The Morgan fingerprint density at radius 3 is 2.44 bits per heavy atom. The van der Waals surface area contributed by atoms with Crippen LogP contribution in [0.1, 0.15) is 105 Å². The predicted octanol–water partition coefficient (Wildman–Crippen LogP) is 5.89. The number of rotatable bonds is 11. The summed E-state index contributed by atoms with van der Waals surface area (Å²) in [4.78, 5) is 18.2. The van der Waals surface area contributed by atoms with Crippen LogP contribution in [0.15, 0.2) is 30.7 Å². The van der Waals surface area contributed by atoms with Crippen molar-refractivity contribution >= 4 is 11.6 Å². The third-order valence-corrected chi connectivity index (χ3v) is 8.86. The van der Waals surface area contributed by atoms with Gasteiger partial charge in [-0.15, -0.1) is 0 Å². The molecule has 3 heterocycles. The quantitative estimate of drug-likeness (QED) is 0.279. The molecule has 0 unspecified atom stereocenters. The molecule has 0 bridgehead atoms. The second-order valence-corrected chi connectivity index (χ2v) is 12.4. The Bertz CT molecular complexity index is 1390. The normalized spacial score (nSPS) is 23.5. The van der Waals surface area contributed by atoms with Gasteiger partial charge < -0.3 is 10.6 Å². The number of fused-ring (bicyclic) bond motifs is 1. The van der Waals surface area contributed by atoms with Gasteiger partial charge in [-0.3, -0.25) is 9.48 Å². The SMILES string of the molecule is CC(C)n1nccc1C(=O)N[C@H](c1cn2ncc([C@@H](NCC[C@H]3CC3(F)F)C3CC3)cc2n1)C1CCC(F)(F)CC1. The van der Waals surface area contributed by atoms with Crippen LogP contribution in [0.3, 0.4) is 0 Å². The van der Waals surface area contributed by atoms with Gasteiger partial charge in [-0.1, -0.05) is 0 Å². The van der Waals surface area contributed by atoms with Crippen molar-refractivity contribution in [2.75, 3.05) is 6.54 Å². The van der Waals surface area contributed by atoms with Gasteiger partial charge in [0.05, 0.1) is 24.1 Å². The Labute approximate surface area is 236 Å². The molecule has 222 valence electrons. The number of nitrogens with one attached hydrogen (secondary N) is 2. The second-order valence-electron chi connectivity index (χ2n) is 12.4. The minimum Gasteiger partial charge on any atom is -0.342 e. The smallest absolute Gasteiger partial charge is 0.270 e. The third kappa shape index (κ3) is 6.12. The van der Waals surface area contributed by atoms with Crippen molar-refractivity contribution in [3.8, 4) is 0 Å².